The number of hydrogen-bond acceptors (Lipinski definition) is 3. The molecule has 0 spiro atoms. The van der Waals surface area contributed by atoms with Crippen molar-refractivity contribution < 1.29 is 0 Å². The smallest absolute Gasteiger partial charge is 0.0470 e. The highest BCUT2D eigenvalue weighted by atomic mass is 32.1. The molecule has 0 radical (unpaired) electrons. The van der Waals surface area contributed by atoms with Crippen LogP contribution in [0.5, 0.6) is 0 Å². The lowest BCUT2D eigenvalue weighted by molar-refractivity contribution is 0.531. The Hall–Kier alpha value is -1.19. The van der Waals surface area contributed by atoms with Gasteiger partial charge >= 0.3 is 0 Å². The molecule has 0 aromatic carbocycles. The Morgan fingerprint density at radius 3 is 2.52 bits per heavy atom. The van der Waals surface area contributed by atoms with Crippen LogP contribution < -0.4 is 5.32 Å². The predicted octanol–water partition coefficient (Wildman–Crippen LogP) is 4.55. The van der Waals surface area contributed by atoms with Crippen molar-refractivity contribution in [2.24, 2.45) is 0 Å². The lowest BCUT2D eigenvalue weighted by Crippen LogP contribution is -2.23. The van der Waals surface area contributed by atoms with Gasteiger partial charge in [-0.3, -0.25) is 4.98 Å². The summed E-state index contributed by atoms with van der Waals surface area (Å²) in [6.07, 6.45) is 6.31. The van der Waals surface area contributed by atoms with Crippen LogP contribution in [0.25, 0.3) is 0 Å². The molecule has 2 nitrogen and oxygen atoms in total. The number of nitrogens with zero attached hydrogens (tertiary/aromatic N) is 1. The Bertz CT molecular complexity index is 530. The quantitative estimate of drug-likeness (QED) is 0.773. The van der Waals surface area contributed by atoms with Gasteiger partial charge in [0, 0.05) is 34.1 Å². The molecule has 0 amide bonds. The number of aryl methyl sites for hydroxylation is 2. The second-order valence-corrected chi connectivity index (χ2v) is 6.58. The first kappa shape index (κ1) is 16.2. The van der Waals surface area contributed by atoms with Crippen molar-refractivity contribution in [2.75, 3.05) is 6.54 Å². The highest BCUT2D eigenvalue weighted by Gasteiger charge is 2.14. The van der Waals surface area contributed by atoms with Crippen molar-refractivity contribution in [1.82, 2.24) is 10.3 Å². The molecule has 0 bridgehead atoms. The average Bonchev–Trinajstić information content (AvgIpc) is 3.01. The third kappa shape index (κ3) is 4.65. The van der Waals surface area contributed by atoms with Gasteiger partial charge in [0.1, 0.15) is 0 Å². The van der Waals surface area contributed by atoms with Crippen LogP contribution in [0.4, 0.5) is 0 Å². The molecule has 0 fully saturated rings. The van der Waals surface area contributed by atoms with Gasteiger partial charge in [-0.15, -0.1) is 11.3 Å². The summed E-state index contributed by atoms with van der Waals surface area (Å²) in [4.78, 5) is 7.51. The maximum Gasteiger partial charge on any atom is 0.0470 e. The Labute approximate surface area is 132 Å². The summed E-state index contributed by atoms with van der Waals surface area (Å²) >= 11 is 1.93. The summed E-state index contributed by atoms with van der Waals surface area (Å²) in [7, 11) is 0. The van der Waals surface area contributed by atoms with Crippen molar-refractivity contribution >= 4 is 11.3 Å². The number of pyridine rings is 1. The van der Waals surface area contributed by atoms with Crippen molar-refractivity contribution in [3.05, 3.63) is 51.5 Å². The van der Waals surface area contributed by atoms with E-state index in [0.29, 0.717) is 6.04 Å². The van der Waals surface area contributed by atoms with Crippen LogP contribution in [0.3, 0.4) is 0 Å². The van der Waals surface area contributed by atoms with Crippen LogP contribution in [0.1, 0.15) is 54.2 Å². The van der Waals surface area contributed by atoms with Crippen molar-refractivity contribution in [1.29, 1.82) is 0 Å². The zero-order valence-electron chi connectivity index (χ0n) is 13.4. The maximum atomic E-state index is 4.61. The largest absolute Gasteiger partial charge is 0.309 e. The first-order valence-corrected chi connectivity index (χ1v) is 8.84. The lowest BCUT2D eigenvalue weighted by Gasteiger charge is -2.17. The van der Waals surface area contributed by atoms with Crippen molar-refractivity contribution in [3.8, 4) is 0 Å². The zero-order chi connectivity index (χ0) is 15.1. The molecular weight excluding hydrogens is 276 g/mol. The number of hydrogen-bond donors (Lipinski definition) is 1. The summed E-state index contributed by atoms with van der Waals surface area (Å²) in [6.45, 7) is 7.65. The monoisotopic (exact) mass is 302 g/mol. The molecule has 3 heteroatoms. The van der Waals surface area contributed by atoms with E-state index in [4.69, 9.17) is 0 Å². The molecular formula is C18H26N2S. The van der Waals surface area contributed by atoms with E-state index in [1.165, 1.54) is 21.0 Å². The summed E-state index contributed by atoms with van der Waals surface area (Å²) in [6, 6.07) is 9.29. The van der Waals surface area contributed by atoms with Crippen LogP contribution in [0.15, 0.2) is 30.5 Å². The van der Waals surface area contributed by atoms with Gasteiger partial charge in [0.25, 0.3) is 0 Å². The van der Waals surface area contributed by atoms with Crippen LogP contribution >= 0.6 is 11.3 Å². The highest BCUT2D eigenvalue weighted by Crippen LogP contribution is 2.26. The van der Waals surface area contributed by atoms with Gasteiger partial charge in [-0.1, -0.05) is 26.8 Å². The van der Waals surface area contributed by atoms with Crippen LogP contribution in [-0.2, 0) is 19.3 Å². The van der Waals surface area contributed by atoms with Gasteiger partial charge in [-0.2, -0.15) is 0 Å². The Morgan fingerprint density at radius 2 is 1.95 bits per heavy atom. The molecule has 2 rings (SSSR count). The summed E-state index contributed by atoms with van der Waals surface area (Å²) in [5, 5.41) is 3.67. The molecule has 114 valence electrons. The summed E-state index contributed by atoms with van der Waals surface area (Å²) in [5.74, 6) is 0. The summed E-state index contributed by atoms with van der Waals surface area (Å²) in [5.41, 5.74) is 2.48. The molecule has 0 saturated carbocycles. The van der Waals surface area contributed by atoms with Gasteiger partial charge < -0.3 is 5.32 Å². The topological polar surface area (TPSA) is 24.9 Å². The van der Waals surface area contributed by atoms with Gasteiger partial charge in [0.05, 0.1) is 0 Å². The average molecular weight is 302 g/mol. The first-order valence-electron chi connectivity index (χ1n) is 8.02. The number of rotatable bonds is 8. The Morgan fingerprint density at radius 1 is 1.10 bits per heavy atom. The minimum Gasteiger partial charge on any atom is -0.309 e. The predicted molar refractivity (Wildman–Crippen MR) is 92.1 cm³/mol. The van der Waals surface area contributed by atoms with Crippen molar-refractivity contribution in [3.63, 3.8) is 0 Å². The van der Waals surface area contributed by atoms with Gasteiger partial charge in [-0.25, -0.2) is 0 Å². The molecule has 2 aromatic heterocycles. The molecule has 0 saturated heterocycles. The van der Waals surface area contributed by atoms with E-state index in [1.807, 2.05) is 17.5 Å². The van der Waals surface area contributed by atoms with Gasteiger partial charge in [-0.05, 0) is 49.6 Å². The molecule has 1 N–H and O–H groups in total. The molecule has 1 atom stereocenters. The van der Waals surface area contributed by atoms with Crippen molar-refractivity contribution in [2.45, 2.75) is 52.5 Å². The Kier molecular flexibility index (Phi) is 6.40. The highest BCUT2D eigenvalue weighted by molar-refractivity contribution is 7.12. The third-order valence-electron chi connectivity index (χ3n) is 3.72. The van der Waals surface area contributed by atoms with E-state index in [9.17, 15) is 0 Å². The fourth-order valence-electron chi connectivity index (χ4n) is 2.36. The summed E-state index contributed by atoms with van der Waals surface area (Å²) < 4.78 is 0. The van der Waals surface area contributed by atoms with E-state index >= 15 is 0 Å². The van der Waals surface area contributed by atoms with Crippen LogP contribution in [-0.4, -0.2) is 11.5 Å². The number of aromatic nitrogens is 1. The standard InChI is InChI=1S/C18H26N2S/c1-4-11-19-17(18-10-9-16(6-3)21-18)12-15-8-7-14(5-2)13-20-15/h7-10,13,17,19H,4-6,11-12H2,1-3H3. The van der Waals surface area contributed by atoms with E-state index in [2.05, 4.69) is 55.3 Å². The van der Waals surface area contributed by atoms with E-state index in [1.54, 1.807) is 0 Å². The minimum absolute atomic E-state index is 0.384. The van der Waals surface area contributed by atoms with E-state index in [0.717, 1.165) is 32.2 Å². The Balaban J connectivity index is 2.10. The third-order valence-corrected chi connectivity index (χ3v) is 5.07. The molecule has 0 aliphatic carbocycles. The van der Waals surface area contributed by atoms with Gasteiger partial charge in [0.2, 0.25) is 0 Å². The SMILES string of the molecule is CCCNC(Cc1ccc(CC)cn1)c1ccc(CC)s1. The van der Waals surface area contributed by atoms with Crippen LogP contribution in [0, 0.1) is 0 Å². The second-order valence-electron chi connectivity index (χ2n) is 5.38. The second kappa shape index (κ2) is 8.30. The fraction of sp³-hybridized carbons (Fsp3) is 0.500. The molecule has 2 aromatic rings. The van der Waals surface area contributed by atoms with Gasteiger partial charge in [0.15, 0.2) is 0 Å². The lowest BCUT2D eigenvalue weighted by atomic mass is 10.1. The van der Waals surface area contributed by atoms with E-state index in [-0.39, 0.29) is 0 Å². The molecule has 2 heterocycles. The maximum absolute atomic E-state index is 4.61. The first-order chi connectivity index (χ1) is 10.3. The fourth-order valence-corrected chi connectivity index (χ4v) is 3.39. The molecule has 1 unspecified atom stereocenters. The number of thiophene rings is 1. The molecule has 21 heavy (non-hydrogen) atoms. The molecule has 0 aliphatic rings. The van der Waals surface area contributed by atoms with E-state index < -0.39 is 0 Å². The zero-order valence-corrected chi connectivity index (χ0v) is 14.2. The molecule has 0 aliphatic heterocycles. The normalized spacial score (nSPS) is 12.5. The van der Waals surface area contributed by atoms with Crippen LogP contribution in [0.2, 0.25) is 0 Å². The minimum atomic E-state index is 0.384. The number of nitrogens with one attached hydrogen (secondary N) is 1.